The van der Waals surface area contributed by atoms with Crippen LogP contribution in [0.15, 0.2) is 22.7 Å². The first-order chi connectivity index (χ1) is 9.79. The highest BCUT2D eigenvalue weighted by atomic mass is 79.9. The number of benzene rings is 1. The summed E-state index contributed by atoms with van der Waals surface area (Å²) in [6, 6.07) is 5.93. The number of aryl methyl sites for hydroxylation is 1. The molecule has 0 aromatic heterocycles. The number of halogens is 1. The number of hydrogen-bond donors (Lipinski definition) is 0. The minimum absolute atomic E-state index is 0.153. The van der Waals surface area contributed by atoms with Gasteiger partial charge in [0.15, 0.2) is 0 Å². The Labute approximate surface area is 138 Å². The lowest BCUT2D eigenvalue weighted by molar-refractivity contribution is 0.0740. The van der Waals surface area contributed by atoms with Crippen molar-refractivity contribution in [3.8, 4) is 0 Å². The summed E-state index contributed by atoms with van der Waals surface area (Å²) >= 11 is 3.48. The largest absolute Gasteiger partial charge is 0.339 e. The van der Waals surface area contributed by atoms with Crippen molar-refractivity contribution in [3.63, 3.8) is 0 Å². The van der Waals surface area contributed by atoms with Gasteiger partial charge in [0.25, 0.3) is 5.91 Å². The Kier molecular flexibility index (Phi) is 7.44. The number of carbonyl (C=O) groups excluding carboxylic acids is 1. The molecule has 0 aliphatic rings. The normalized spacial score (nSPS) is 11.2. The van der Waals surface area contributed by atoms with Gasteiger partial charge < -0.3 is 4.90 Å². The van der Waals surface area contributed by atoms with Gasteiger partial charge in [0.1, 0.15) is 0 Å². The van der Waals surface area contributed by atoms with Crippen molar-refractivity contribution < 1.29 is 4.79 Å². The molecule has 1 rings (SSSR count). The van der Waals surface area contributed by atoms with E-state index in [1.54, 1.807) is 0 Å². The standard InChI is InChI=1S/C18H28BrNO/c1-13(2)6-8-20(9-7-14(3)4)18(21)16-10-15(5)11-17(19)12-16/h10-14H,6-9H2,1-5H3. The van der Waals surface area contributed by atoms with Crippen LogP contribution in [-0.2, 0) is 0 Å². The molecule has 2 nitrogen and oxygen atoms in total. The van der Waals surface area contributed by atoms with E-state index in [0.717, 1.165) is 41.5 Å². The van der Waals surface area contributed by atoms with E-state index in [4.69, 9.17) is 0 Å². The van der Waals surface area contributed by atoms with Crippen LogP contribution in [0, 0.1) is 18.8 Å². The monoisotopic (exact) mass is 353 g/mol. The van der Waals surface area contributed by atoms with Gasteiger partial charge in [-0.05, 0) is 55.4 Å². The summed E-state index contributed by atoms with van der Waals surface area (Å²) in [7, 11) is 0. The van der Waals surface area contributed by atoms with Crippen molar-refractivity contribution in [2.24, 2.45) is 11.8 Å². The molecule has 0 unspecified atom stereocenters. The molecule has 0 aliphatic carbocycles. The maximum absolute atomic E-state index is 12.8. The van der Waals surface area contributed by atoms with E-state index >= 15 is 0 Å². The van der Waals surface area contributed by atoms with Gasteiger partial charge in [-0.25, -0.2) is 0 Å². The first-order valence-electron chi connectivity index (χ1n) is 7.86. The molecule has 0 heterocycles. The fraction of sp³-hybridized carbons (Fsp3) is 0.611. The van der Waals surface area contributed by atoms with E-state index in [1.807, 2.05) is 30.0 Å². The Morgan fingerprint density at radius 2 is 1.57 bits per heavy atom. The summed E-state index contributed by atoms with van der Waals surface area (Å²) in [6.45, 7) is 12.5. The molecule has 118 valence electrons. The van der Waals surface area contributed by atoms with E-state index < -0.39 is 0 Å². The van der Waals surface area contributed by atoms with E-state index in [9.17, 15) is 4.79 Å². The lowest BCUT2D eigenvalue weighted by Gasteiger charge is -2.25. The molecule has 1 aromatic rings. The lowest BCUT2D eigenvalue weighted by Crippen LogP contribution is -2.34. The first-order valence-corrected chi connectivity index (χ1v) is 8.65. The van der Waals surface area contributed by atoms with Crippen LogP contribution in [0.4, 0.5) is 0 Å². The first kappa shape index (κ1) is 18.2. The molecule has 1 aromatic carbocycles. The highest BCUT2D eigenvalue weighted by Crippen LogP contribution is 2.18. The minimum atomic E-state index is 0.153. The van der Waals surface area contributed by atoms with E-state index in [2.05, 4.69) is 43.6 Å². The van der Waals surface area contributed by atoms with Crippen LogP contribution >= 0.6 is 15.9 Å². The van der Waals surface area contributed by atoms with Crippen molar-refractivity contribution in [3.05, 3.63) is 33.8 Å². The zero-order valence-corrected chi connectivity index (χ0v) is 15.5. The number of amides is 1. The zero-order chi connectivity index (χ0) is 16.0. The van der Waals surface area contributed by atoms with Gasteiger partial charge in [-0.1, -0.05) is 43.6 Å². The summed E-state index contributed by atoms with van der Waals surface area (Å²) in [5.41, 5.74) is 1.90. The number of rotatable bonds is 7. The van der Waals surface area contributed by atoms with Crippen molar-refractivity contribution >= 4 is 21.8 Å². The maximum Gasteiger partial charge on any atom is 0.253 e. The average Bonchev–Trinajstić information content (AvgIpc) is 2.36. The third-order valence-electron chi connectivity index (χ3n) is 3.53. The fourth-order valence-corrected chi connectivity index (χ4v) is 2.79. The Balaban J connectivity index is 2.86. The van der Waals surface area contributed by atoms with Crippen molar-refractivity contribution in [2.75, 3.05) is 13.1 Å². The number of carbonyl (C=O) groups is 1. The highest BCUT2D eigenvalue weighted by molar-refractivity contribution is 9.10. The highest BCUT2D eigenvalue weighted by Gasteiger charge is 2.17. The summed E-state index contributed by atoms with van der Waals surface area (Å²) in [5.74, 6) is 1.38. The van der Waals surface area contributed by atoms with Gasteiger partial charge >= 0.3 is 0 Å². The third-order valence-corrected chi connectivity index (χ3v) is 3.99. The van der Waals surface area contributed by atoms with Crippen LogP contribution in [0.3, 0.4) is 0 Å². The Morgan fingerprint density at radius 3 is 2.00 bits per heavy atom. The van der Waals surface area contributed by atoms with Crippen LogP contribution < -0.4 is 0 Å². The SMILES string of the molecule is Cc1cc(Br)cc(C(=O)N(CCC(C)C)CCC(C)C)c1. The van der Waals surface area contributed by atoms with Crippen LogP contribution in [0.1, 0.15) is 56.5 Å². The van der Waals surface area contributed by atoms with Gasteiger partial charge in [-0.2, -0.15) is 0 Å². The molecular formula is C18H28BrNO. The van der Waals surface area contributed by atoms with Crippen molar-refractivity contribution in [1.29, 1.82) is 0 Å². The molecule has 0 spiro atoms. The molecule has 0 atom stereocenters. The van der Waals surface area contributed by atoms with Crippen LogP contribution in [0.25, 0.3) is 0 Å². The second-order valence-electron chi connectivity index (χ2n) is 6.67. The molecule has 1 amide bonds. The van der Waals surface area contributed by atoms with Gasteiger partial charge in [0.05, 0.1) is 0 Å². The van der Waals surface area contributed by atoms with Crippen molar-refractivity contribution in [1.82, 2.24) is 4.90 Å². The summed E-state index contributed by atoms with van der Waals surface area (Å²) < 4.78 is 0.971. The Bertz CT molecular complexity index is 436. The van der Waals surface area contributed by atoms with E-state index in [1.165, 1.54) is 0 Å². The van der Waals surface area contributed by atoms with Gasteiger partial charge in [0.2, 0.25) is 0 Å². The fourth-order valence-electron chi connectivity index (χ4n) is 2.19. The molecule has 0 aliphatic heterocycles. The predicted molar refractivity (Wildman–Crippen MR) is 93.7 cm³/mol. The zero-order valence-electron chi connectivity index (χ0n) is 13.9. The van der Waals surface area contributed by atoms with Crippen LogP contribution in [0.5, 0.6) is 0 Å². The Hall–Kier alpha value is -0.830. The van der Waals surface area contributed by atoms with Crippen molar-refractivity contribution in [2.45, 2.75) is 47.5 Å². The smallest absolute Gasteiger partial charge is 0.253 e. The average molecular weight is 354 g/mol. The quantitative estimate of drug-likeness (QED) is 0.651. The molecule has 0 saturated heterocycles. The molecule has 3 heteroatoms. The predicted octanol–water partition coefficient (Wildman–Crippen LogP) is 5.29. The summed E-state index contributed by atoms with van der Waals surface area (Å²) in [5, 5.41) is 0. The van der Waals surface area contributed by atoms with E-state index in [-0.39, 0.29) is 5.91 Å². The number of hydrogen-bond acceptors (Lipinski definition) is 1. The topological polar surface area (TPSA) is 20.3 Å². The molecule has 0 N–H and O–H groups in total. The molecule has 21 heavy (non-hydrogen) atoms. The van der Waals surface area contributed by atoms with E-state index in [0.29, 0.717) is 11.8 Å². The maximum atomic E-state index is 12.8. The van der Waals surface area contributed by atoms with Gasteiger partial charge in [0, 0.05) is 23.1 Å². The van der Waals surface area contributed by atoms with Gasteiger partial charge in [-0.3, -0.25) is 4.79 Å². The molecule has 0 bridgehead atoms. The second-order valence-corrected chi connectivity index (χ2v) is 7.59. The summed E-state index contributed by atoms with van der Waals surface area (Å²) in [4.78, 5) is 14.8. The second kappa shape index (κ2) is 8.57. The van der Waals surface area contributed by atoms with Gasteiger partial charge in [-0.15, -0.1) is 0 Å². The third kappa shape index (κ3) is 6.64. The summed E-state index contributed by atoms with van der Waals surface area (Å²) in [6.07, 6.45) is 2.10. The molecular weight excluding hydrogens is 326 g/mol. The Morgan fingerprint density at radius 1 is 1.05 bits per heavy atom. The lowest BCUT2D eigenvalue weighted by atomic mass is 10.1. The number of nitrogens with zero attached hydrogens (tertiary/aromatic N) is 1. The van der Waals surface area contributed by atoms with Crippen LogP contribution in [0.2, 0.25) is 0 Å². The van der Waals surface area contributed by atoms with Crippen LogP contribution in [-0.4, -0.2) is 23.9 Å². The molecule has 0 fully saturated rings. The molecule has 0 radical (unpaired) electrons. The molecule has 0 saturated carbocycles. The minimum Gasteiger partial charge on any atom is -0.339 e.